The van der Waals surface area contributed by atoms with Crippen molar-refractivity contribution >= 4 is 17.5 Å². The van der Waals surface area contributed by atoms with Gasteiger partial charge in [0.25, 0.3) is 0 Å². The van der Waals surface area contributed by atoms with Crippen LogP contribution in [0.1, 0.15) is 24.2 Å². The number of benzene rings is 1. The van der Waals surface area contributed by atoms with Gasteiger partial charge in [-0.2, -0.15) is 0 Å². The minimum Gasteiger partial charge on any atom is -0.312 e. The number of hydrogen-bond donors (Lipinski definition) is 0. The monoisotopic (exact) mass is 205 g/mol. The normalized spacial score (nSPS) is 10.9. The average molecular weight is 205 g/mol. The molecule has 78 valence electrons. The second-order valence-corrected chi connectivity index (χ2v) is 2.98. The average Bonchev–Trinajstić information content (AvgIpc) is 2.26. The number of carbonyl (C=O) groups is 2. The molecule has 0 aromatic heterocycles. The van der Waals surface area contributed by atoms with Crippen molar-refractivity contribution < 1.29 is 14.4 Å². The summed E-state index contributed by atoms with van der Waals surface area (Å²) in [5.41, 5.74) is 0.567. The second kappa shape index (κ2) is 5.05. The summed E-state index contributed by atoms with van der Waals surface area (Å²) in [5, 5.41) is 3.42. The van der Waals surface area contributed by atoms with Gasteiger partial charge >= 0.3 is 5.97 Å². The Morgan fingerprint density at radius 2 is 1.73 bits per heavy atom. The lowest BCUT2D eigenvalue weighted by molar-refractivity contribution is -0.111. The van der Waals surface area contributed by atoms with Crippen LogP contribution in [0.3, 0.4) is 0 Å². The Morgan fingerprint density at radius 1 is 1.13 bits per heavy atom. The highest BCUT2D eigenvalue weighted by Gasteiger charge is 2.06. The lowest BCUT2D eigenvalue weighted by Gasteiger charge is -1.97. The molecule has 0 atom stereocenters. The van der Waals surface area contributed by atoms with Crippen LogP contribution in [0.2, 0.25) is 0 Å². The molecule has 4 heteroatoms. The van der Waals surface area contributed by atoms with Crippen LogP contribution in [0.15, 0.2) is 35.5 Å². The lowest BCUT2D eigenvalue weighted by atomic mass is 10.2. The topological polar surface area (TPSA) is 55.7 Å². The van der Waals surface area contributed by atoms with E-state index >= 15 is 0 Å². The van der Waals surface area contributed by atoms with Gasteiger partial charge in [0.05, 0.1) is 5.56 Å². The summed E-state index contributed by atoms with van der Waals surface area (Å²) >= 11 is 0. The Hall–Kier alpha value is -1.97. The molecule has 0 heterocycles. The fraction of sp³-hybridized carbons (Fsp3) is 0.182. The van der Waals surface area contributed by atoms with Crippen LogP contribution in [0, 0.1) is 0 Å². The number of Topliss-reactive ketones (excluding diaryl/α,β-unsaturated/α-hetero) is 1. The summed E-state index contributed by atoms with van der Waals surface area (Å²) in [6, 6.07) is 8.46. The molecule has 1 aromatic rings. The van der Waals surface area contributed by atoms with Crippen molar-refractivity contribution in [3.8, 4) is 0 Å². The molecule has 0 radical (unpaired) electrons. The molecular formula is C11H11NO3. The van der Waals surface area contributed by atoms with Gasteiger partial charge in [-0.05, 0) is 19.1 Å². The lowest BCUT2D eigenvalue weighted by Crippen LogP contribution is -2.08. The Balaban J connectivity index is 2.66. The minimum atomic E-state index is -0.573. The molecule has 0 aliphatic carbocycles. The number of hydrogen-bond acceptors (Lipinski definition) is 4. The van der Waals surface area contributed by atoms with Crippen molar-refractivity contribution in [3.05, 3.63) is 35.9 Å². The second-order valence-electron chi connectivity index (χ2n) is 2.98. The molecule has 0 bridgehead atoms. The Bertz CT molecular complexity index is 396. The minimum absolute atomic E-state index is 0.166. The van der Waals surface area contributed by atoms with E-state index in [-0.39, 0.29) is 11.5 Å². The van der Waals surface area contributed by atoms with Crippen molar-refractivity contribution in [2.75, 3.05) is 0 Å². The quantitative estimate of drug-likeness (QED) is 0.429. The van der Waals surface area contributed by atoms with Gasteiger partial charge in [0, 0.05) is 6.92 Å². The number of nitrogens with zero attached hydrogens (tertiary/aromatic N) is 1. The molecule has 0 spiro atoms. The van der Waals surface area contributed by atoms with Crippen molar-refractivity contribution in [3.63, 3.8) is 0 Å². The maximum absolute atomic E-state index is 11.3. The SMILES string of the molecule is CC(=O)/C(C)=N/OC(=O)c1ccccc1. The van der Waals surface area contributed by atoms with E-state index in [1.807, 2.05) is 0 Å². The fourth-order valence-corrected chi connectivity index (χ4v) is 0.801. The zero-order valence-electron chi connectivity index (χ0n) is 8.56. The van der Waals surface area contributed by atoms with E-state index in [9.17, 15) is 9.59 Å². The predicted molar refractivity (Wildman–Crippen MR) is 55.6 cm³/mol. The third kappa shape index (κ3) is 3.34. The Labute approximate surface area is 87.5 Å². The van der Waals surface area contributed by atoms with E-state index in [0.29, 0.717) is 5.56 Å². The molecule has 0 unspecified atom stereocenters. The van der Waals surface area contributed by atoms with Crippen LogP contribution in [-0.2, 0) is 9.63 Å². The van der Waals surface area contributed by atoms with Crippen molar-refractivity contribution in [1.82, 2.24) is 0 Å². The smallest absolute Gasteiger partial charge is 0.312 e. The first-order valence-electron chi connectivity index (χ1n) is 4.43. The summed E-state index contributed by atoms with van der Waals surface area (Å²) in [7, 11) is 0. The standard InChI is InChI=1S/C11H11NO3/c1-8(9(2)13)12-15-11(14)10-6-4-3-5-7-10/h3-7H,1-2H3/b12-8+. The first kappa shape index (κ1) is 11.1. The summed E-state index contributed by atoms with van der Waals surface area (Å²) < 4.78 is 0. The molecule has 0 aliphatic rings. The van der Waals surface area contributed by atoms with Crippen LogP contribution in [0.4, 0.5) is 0 Å². The van der Waals surface area contributed by atoms with Crippen molar-refractivity contribution in [2.45, 2.75) is 13.8 Å². The number of carbonyl (C=O) groups excluding carboxylic acids is 2. The third-order valence-corrected chi connectivity index (χ3v) is 1.78. The third-order valence-electron chi connectivity index (χ3n) is 1.78. The molecule has 0 fully saturated rings. The summed E-state index contributed by atoms with van der Waals surface area (Å²) in [6.07, 6.45) is 0. The first-order chi connectivity index (χ1) is 7.11. The zero-order valence-corrected chi connectivity index (χ0v) is 8.56. The largest absolute Gasteiger partial charge is 0.365 e. The molecule has 0 saturated heterocycles. The molecule has 4 nitrogen and oxygen atoms in total. The molecule has 1 aromatic carbocycles. The van der Waals surface area contributed by atoms with E-state index in [2.05, 4.69) is 9.99 Å². The van der Waals surface area contributed by atoms with Gasteiger partial charge in [0.2, 0.25) is 0 Å². The van der Waals surface area contributed by atoms with Crippen LogP contribution in [0.25, 0.3) is 0 Å². The Morgan fingerprint density at radius 3 is 2.27 bits per heavy atom. The molecular weight excluding hydrogens is 194 g/mol. The van der Waals surface area contributed by atoms with Gasteiger partial charge in [-0.15, -0.1) is 0 Å². The van der Waals surface area contributed by atoms with E-state index in [1.54, 1.807) is 30.3 Å². The van der Waals surface area contributed by atoms with Gasteiger partial charge in [-0.1, -0.05) is 23.4 Å². The van der Waals surface area contributed by atoms with E-state index in [4.69, 9.17) is 0 Å². The molecule has 0 aliphatic heterocycles. The maximum atomic E-state index is 11.3. The van der Waals surface area contributed by atoms with Gasteiger partial charge in [0.15, 0.2) is 5.78 Å². The first-order valence-corrected chi connectivity index (χ1v) is 4.43. The van der Waals surface area contributed by atoms with Gasteiger partial charge in [-0.3, -0.25) is 4.79 Å². The van der Waals surface area contributed by atoms with Crippen LogP contribution in [0.5, 0.6) is 0 Å². The molecule has 15 heavy (non-hydrogen) atoms. The molecule has 0 saturated carbocycles. The number of rotatable bonds is 3. The molecule has 0 N–H and O–H groups in total. The van der Waals surface area contributed by atoms with Crippen LogP contribution in [-0.4, -0.2) is 17.5 Å². The highest BCUT2D eigenvalue weighted by Crippen LogP contribution is 2.01. The van der Waals surface area contributed by atoms with Gasteiger partial charge in [-0.25, -0.2) is 4.79 Å². The Kier molecular flexibility index (Phi) is 3.74. The summed E-state index contributed by atoms with van der Waals surface area (Å²) in [4.78, 5) is 26.7. The predicted octanol–water partition coefficient (Wildman–Crippen LogP) is 1.81. The van der Waals surface area contributed by atoms with Crippen molar-refractivity contribution in [2.24, 2.45) is 5.16 Å². The highest BCUT2D eigenvalue weighted by molar-refractivity contribution is 6.37. The number of ketones is 1. The van der Waals surface area contributed by atoms with E-state index in [1.165, 1.54) is 13.8 Å². The summed E-state index contributed by atoms with van der Waals surface area (Å²) in [6.45, 7) is 2.84. The van der Waals surface area contributed by atoms with Gasteiger partial charge < -0.3 is 4.84 Å². The zero-order chi connectivity index (χ0) is 11.3. The van der Waals surface area contributed by atoms with Crippen LogP contribution < -0.4 is 0 Å². The van der Waals surface area contributed by atoms with E-state index < -0.39 is 5.97 Å². The maximum Gasteiger partial charge on any atom is 0.365 e. The highest BCUT2D eigenvalue weighted by atomic mass is 16.7. The van der Waals surface area contributed by atoms with Crippen molar-refractivity contribution in [1.29, 1.82) is 0 Å². The van der Waals surface area contributed by atoms with E-state index in [0.717, 1.165) is 0 Å². The molecule has 1 rings (SSSR count). The molecule has 0 amide bonds. The van der Waals surface area contributed by atoms with Crippen LogP contribution >= 0.6 is 0 Å². The van der Waals surface area contributed by atoms with Gasteiger partial charge in [0.1, 0.15) is 5.71 Å². The summed E-state index contributed by atoms with van der Waals surface area (Å²) in [5.74, 6) is -0.799. The number of oxime groups is 1. The fourth-order valence-electron chi connectivity index (χ4n) is 0.801.